The topological polar surface area (TPSA) is 38.3 Å². The van der Waals surface area contributed by atoms with Crippen molar-refractivity contribution in [3.63, 3.8) is 0 Å². The molecule has 0 aromatic carbocycles. The van der Waals surface area contributed by atoms with E-state index in [-0.39, 0.29) is 5.56 Å². The van der Waals surface area contributed by atoms with Crippen LogP contribution < -0.4 is 5.32 Å². The zero-order chi connectivity index (χ0) is 5.82. The molecule has 46 valence electrons. The van der Waals surface area contributed by atoms with Crippen molar-refractivity contribution < 1.29 is 9.53 Å². The molecule has 1 N–H and O–H groups in total. The van der Waals surface area contributed by atoms with Gasteiger partial charge in [0.15, 0.2) is 0 Å². The van der Waals surface area contributed by atoms with Crippen molar-refractivity contribution in [3.05, 3.63) is 0 Å². The van der Waals surface area contributed by atoms with Gasteiger partial charge in [-0.05, 0) is 0 Å². The van der Waals surface area contributed by atoms with Crippen LogP contribution in [-0.4, -0.2) is 24.3 Å². The monoisotopic (exact) mass is 133 g/mol. The van der Waals surface area contributed by atoms with Gasteiger partial charge in [0, 0.05) is 12.3 Å². The average Bonchev–Trinajstić information content (AvgIpc) is 2.19. The van der Waals surface area contributed by atoms with Gasteiger partial charge in [-0.3, -0.25) is 10.1 Å². The Morgan fingerprint density at radius 1 is 1.88 bits per heavy atom. The Balaban J connectivity index is 2.14. The first-order valence-corrected chi connectivity index (χ1v) is 3.42. The van der Waals surface area contributed by atoms with E-state index >= 15 is 0 Å². The minimum Gasteiger partial charge on any atom is -0.439 e. The summed E-state index contributed by atoms with van der Waals surface area (Å²) in [6.45, 7) is 1.40. The molecule has 0 bridgehead atoms. The molecular formula is C4H7NO2S. The molecule has 1 unspecified atom stereocenters. The van der Waals surface area contributed by atoms with Gasteiger partial charge >= 0.3 is 0 Å². The van der Waals surface area contributed by atoms with Crippen LogP contribution in [0.2, 0.25) is 0 Å². The lowest BCUT2D eigenvalue weighted by Gasteiger charge is -2.03. The summed E-state index contributed by atoms with van der Waals surface area (Å²) in [6, 6.07) is 0. The maximum atomic E-state index is 9.69. The number of nitrogens with one attached hydrogen (secondary N) is 1. The molecule has 0 spiro atoms. The molecule has 0 aromatic rings. The molecule has 0 aliphatic carbocycles. The Labute approximate surface area is 51.8 Å². The van der Waals surface area contributed by atoms with E-state index in [9.17, 15) is 4.79 Å². The summed E-state index contributed by atoms with van der Waals surface area (Å²) in [4.78, 5) is 9.69. The molecule has 3 nitrogen and oxygen atoms in total. The smallest absolute Gasteiger partial charge is 0.295 e. The summed E-state index contributed by atoms with van der Waals surface area (Å²) >= 11 is 1.60. The molecule has 4 heteroatoms. The Bertz CT molecular complexity index is 82.1. The van der Waals surface area contributed by atoms with Crippen LogP contribution in [0.15, 0.2) is 0 Å². The van der Waals surface area contributed by atoms with E-state index in [1.54, 1.807) is 11.8 Å². The van der Waals surface area contributed by atoms with E-state index in [4.69, 9.17) is 0 Å². The second-order valence-corrected chi connectivity index (χ2v) is 2.56. The minimum atomic E-state index is -0.0903. The highest BCUT2D eigenvalue weighted by Crippen LogP contribution is 2.12. The van der Waals surface area contributed by atoms with Gasteiger partial charge in [0.1, 0.15) is 0 Å². The number of thioether (sulfide) groups is 1. The molecule has 1 aliphatic heterocycles. The van der Waals surface area contributed by atoms with E-state index < -0.39 is 0 Å². The first-order valence-electron chi connectivity index (χ1n) is 2.37. The normalized spacial score (nSPS) is 27.8. The highest BCUT2D eigenvalue weighted by atomic mass is 32.2. The Hall–Kier alpha value is -0.220. The fraction of sp³-hybridized carbons (Fsp3) is 0.750. The first-order chi connectivity index (χ1) is 3.93. The zero-order valence-corrected chi connectivity index (χ0v) is 5.11. The molecule has 1 aliphatic rings. The maximum Gasteiger partial charge on any atom is 0.295 e. The van der Waals surface area contributed by atoms with Crippen LogP contribution >= 0.6 is 11.8 Å². The molecule has 0 aromatic heterocycles. The van der Waals surface area contributed by atoms with Crippen LogP contribution in [0.1, 0.15) is 0 Å². The van der Waals surface area contributed by atoms with Crippen molar-refractivity contribution in [2.45, 2.75) is 5.56 Å². The van der Waals surface area contributed by atoms with Crippen molar-refractivity contribution in [3.8, 4) is 0 Å². The molecule has 1 heterocycles. The molecule has 1 saturated heterocycles. The van der Waals surface area contributed by atoms with E-state index in [0.29, 0.717) is 6.47 Å². The maximum absolute atomic E-state index is 9.69. The average molecular weight is 133 g/mol. The number of rotatable bonds is 2. The molecule has 8 heavy (non-hydrogen) atoms. The Kier molecular flexibility index (Phi) is 2.17. The molecule has 0 amide bonds. The van der Waals surface area contributed by atoms with Crippen molar-refractivity contribution >= 4 is 18.2 Å². The summed E-state index contributed by atoms with van der Waals surface area (Å²) in [5, 5.41) is 2.97. The molecule has 0 saturated carbocycles. The van der Waals surface area contributed by atoms with Crippen LogP contribution in [0.3, 0.4) is 0 Å². The third-order valence-corrected chi connectivity index (χ3v) is 1.88. The second-order valence-electron chi connectivity index (χ2n) is 1.39. The van der Waals surface area contributed by atoms with Crippen LogP contribution in [0.4, 0.5) is 0 Å². The third-order valence-electron chi connectivity index (χ3n) is 0.861. The standard InChI is InChI=1S/C4H7NO2S/c6-3-7-4-5-1-2-8-4/h3-5H,1-2H2. The van der Waals surface area contributed by atoms with Gasteiger partial charge in [-0.1, -0.05) is 0 Å². The lowest BCUT2D eigenvalue weighted by atomic mass is 10.8. The lowest BCUT2D eigenvalue weighted by Crippen LogP contribution is -2.21. The number of hydrogen-bond donors (Lipinski definition) is 1. The minimum absolute atomic E-state index is 0.0903. The number of ether oxygens (including phenoxy) is 1. The number of carbonyl (C=O) groups excluding carboxylic acids is 1. The first kappa shape index (κ1) is 5.91. The molecule has 1 fully saturated rings. The van der Waals surface area contributed by atoms with Crippen molar-refractivity contribution in [2.75, 3.05) is 12.3 Å². The summed E-state index contributed by atoms with van der Waals surface area (Å²) in [5.74, 6) is 1.03. The van der Waals surface area contributed by atoms with Gasteiger partial charge in [-0.2, -0.15) is 0 Å². The molecular weight excluding hydrogens is 126 g/mol. The second kappa shape index (κ2) is 2.94. The van der Waals surface area contributed by atoms with Crippen molar-refractivity contribution in [1.82, 2.24) is 5.32 Å². The SMILES string of the molecule is O=COC1NCCS1. The van der Waals surface area contributed by atoms with Gasteiger partial charge in [0.05, 0.1) is 0 Å². The number of hydrogen-bond acceptors (Lipinski definition) is 4. The van der Waals surface area contributed by atoms with Gasteiger partial charge in [0.25, 0.3) is 6.47 Å². The van der Waals surface area contributed by atoms with Crippen molar-refractivity contribution in [2.24, 2.45) is 0 Å². The zero-order valence-electron chi connectivity index (χ0n) is 4.29. The largest absolute Gasteiger partial charge is 0.439 e. The van der Waals surface area contributed by atoms with E-state index in [0.717, 1.165) is 12.3 Å². The highest BCUT2D eigenvalue weighted by molar-refractivity contribution is 8.00. The quantitative estimate of drug-likeness (QED) is 0.528. The third kappa shape index (κ3) is 1.38. The molecule has 1 atom stereocenters. The van der Waals surface area contributed by atoms with Crippen LogP contribution in [0, 0.1) is 0 Å². The van der Waals surface area contributed by atoms with Crippen LogP contribution in [-0.2, 0) is 9.53 Å². The van der Waals surface area contributed by atoms with Gasteiger partial charge in [-0.25, -0.2) is 0 Å². The highest BCUT2D eigenvalue weighted by Gasteiger charge is 2.13. The van der Waals surface area contributed by atoms with Crippen LogP contribution in [0.25, 0.3) is 0 Å². The van der Waals surface area contributed by atoms with Gasteiger partial charge in [-0.15, -0.1) is 11.8 Å². The fourth-order valence-electron chi connectivity index (χ4n) is 0.540. The van der Waals surface area contributed by atoms with Crippen molar-refractivity contribution in [1.29, 1.82) is 0 Å². The van der Waals surface area contributed by atoms with Crippen LogP contribution in [0.5, 0.6) is 0 Å². The summed E-state index contributed by atoms with van der Waals surface area (Å²) in [5.41, 5.74) is -0.0903. The van der Waals surface area contributed by atoms with E-state index in [1.807, 2.05) is 0 Å². The summed E-state index contributed by atoms with van der Waals surface area (Å²) < 4.78 is 4.57. The lowest BCUT2D eigenvalue weighted by molar-refractivity contribution is -0.130. The Morgan fingerprint density at radius 2 is 2.75 bits per heavy atom. The van der Waals surface area contributed by atoms with Gasteiger partial charge in [0.2, 0.25) is 5.56 Å². The number of carbonyl (C=O) groups is 1. The van der Waals surface area contributed by atoms with E-state index in [2.05, 4.69) is 10.1 Å². The predicted octanol–water partition coefficient (Wildman–Crippen LogP) is -0.221. The van der Waals surface area contributed by atoms with Gasteiger partial charge < -0.3 is 4.74 Å². The predicted molar refractivity (Wildman–Crippen MR) is 31.4 cm³/mol. The molecule has 0 radical (unpaired) electrons. The summed E-state index contributed by atoms with van der Waals surface area (Å²) in [6.07, 6.45) is 0. The fourth-order valence-corrected chi connectivity index (χ4v) is 1.35. The Morgan fingerprint density at radius 3 is 3.25 bits per heavy atom. The van der Waals surface area contributed by atoms with E-state index in [1.165, 1.54) is 0 Å². The summed E-state index contributed by atoms with van der Waals surface area (Å²) in [7, 11) is 0. The molecule has 1 rings (SSSR count).